The minimum atomic E-state index is -0.796. The first-order chi connectivity index (χ1) is 31.0. The highest BCUT2D eigenvalue weighted by Crippen LogP contribution is 2.18. The van der Waals surface area contributed by atoms with Crippen LogP contribution >= 0.6 is 0 Å². The Hall–Kier alpha value is -2.18. The molecule has 0 aliphatic carbocycles. The molecule has 63 heavy (non-hydrogen) atoms. The fraction of sp³-hybridized carbons (Fsp3) is 0.825. The molecule has 3 atom stereocenters. The third-order valence-electron chi connectivity index (χ3n) is 12.4. The van der Waals surface area contributed by atoms with E-state index in [1.165, 1.54) is 128 Å². The molecule has 3 unspecified atom stereocenters. The molecule has 368 valence electrons. The van der Waals surface area contributed by atoms with Crippen molar-refractivity contribution in [2.45, 2.75) is 296 Å². The quantitative estimate of drug-likeness (QED) is 0.0321. The van der Waals surface area contributed by atoms with E-state index < -0.39 is 18.2 Å². The number of carbonyl (C=O) groups is 2. The van der Waals surface area contributed by atoms with Gasteiger partial charge in [-0.3, -0.25) is 9.59 Å². The number of esters is 1. The highest BCUT2D eigenvalue weighted by molar-refractivity contribution is 5.77. The van der Waals surface area contributed by atoms with E-state index in [0.717, 1.165) is 103 Å². The average molecular weight is 884 g/mol. The third-order valence-corrected chi connectivity index (χ3v) is 12.4. The van der Waals surface area contributed by atoms with Crippen LogP contribution in [0, 0.1) is 0 Å². The van der Waals surface area contributed by atoms with E-state index >= 15 is 0 Å². The molecular formula is C57H105NO5. The molecule has 0 aromatic heterocycles. The molecule has 3 N–H and O–H groups in total. The summed E-state index contributed by atoms with van der Waals surface area (Å²) < 4.78 is 5.93. The van der Waals surface area contributed by atoms with Gasteiger partial charge in [-0.05, 0) is 83.5 Å². The Morgan fingerprint density at radius 2 is 0.857 bits per heavy atom. The second-order valence-corrected chi connectivity index (χ2v) is 18.6. The SMILES string of the molecule is CC/C=C/C/C=C/C/C=C/CCCCCCC(=O)OC(CCCCC/C=C/CCCCCCCCC)CC(=O)NC(CO)C(O)CCCCCCCCCCCCCCCCCC. The van der Waals surface area contributed by atoms with E-state index in [1.807, 2.05) is 0 Å². The molecule has 0 aliphatic heterocycles. The number of aliphatic hydroxyl groups is 2. The van der Waals surface area contributed by atoms with Crippen molar-refractivity contribution in [3.63, 3.8) is 0 Å². The summed E-state index contributed by atoms with van der Waals surface area (Å²) in [7, 11) is 0. The van der Waals surface area contributed by atoms with Crippen LogP contribution in [-0.4, -0.2) is 46.9 Å². The van der Waals surface area contributed by atoms with E-state index in [2.05, 4.69) is 74.7 Å². The highest BCUT2D eigenvalue weighted by atomic mass is 16.5. The van der Waals surface area contributed by atoms with Crippen molar-refractivity contribution in [1.82, 2.24) is 5.32 Å². The summed E-state index contributed by atoms with van der Waals surface area (Å²) in [5.41, 5.74) is 0. The molecule has 0 bridgehead atoms. The predicted molar refractivity (Wildman–Crippen MR) is 273 cm³/mol. The van der Waals surface area contributed by atoms with Gasteiger partial charge < -0.3 is 20.3 Å². The van der Waals surface area contributed by atoms with E-state index in [9.17, 15) is 19.8 Å². The Balaban J connectivity index is 4.58. The van der Waals surface area contributed by atoms with Crippen molar-refractivity contribution >= 4 is 11.9 Å². The molecule has 6 heteroatoms. The van der Waals surface area contributed by atoms with Gasteiger partial charge >= 0.3 is 5.97 Å². The molecule has 0 fully saturated rings. The Bertz CT molecular complexity index is 1080. The summed E-state index contributed by atoms with van der Waals surface area (Å²) in [4.78, 5) is 26.2. The molecule has 0 saturated heterocycles. The van der Waals surface area contributed by atoms with Crippen molar-refractivity contribution in [2.24, 2.45) is 0 Å². The van der Waals surface area contributed by atoms with E-state index in [0.29, 0.717) is 19.3 Å². The first kappa shape index (κ1) is 60.8. The van der Waals surface area contributed by atoms with Crippen LogP contribution in [0.5, 0.6) is 0 Å². The van der Waals surface area contributed by atoms with E-state index in [1.54, 1.807) is 0 Å². The normalized spacial score (nSPS) is 13.5. The second kappa shape index (κ2) is 50.8. The number of hydrogen-bond acceptors (Lipinski definition) is 5. The minimum Gasteiger partial charge on any atom is -0.462 e. The second-order valence-electron chi connectivity index (χ2n) is 18.6. The predicted octanol–water partition coefficient (Wildman–Crippen LogP) is 16.6. The van der Waals surface area contributed by atoms with Gasteiger partial charge in [0.15, 0.2) is 0 Å². The van der Waals surface area contributed by atoms with Gasteiger partial charge in [0.2, 0.25) is 5.91 Å². The number of nitrogens with one attached hydrogen (secondary N) is 1. The maximum atomic E-state index is 13.2. The minimum absolute atomic E-state index is 0.0588. The monoisotopic (exact) mass is 884 g/mol. The largest absolute Gasteiger partial charge is 0.462 e. The van der Waals surface area contributed by atoms with Gasteiger partial charge in [-0.2, -0.15) is 0 Å². The summed E-state index contributed by atoms with van der Waals surface area (Å²) in [6, 6.07) is -0.711. The van der Waals surface area contributed by atoms with E-state index in [-0.39, 0.29) is 24.9 Å². The lowest BCUT2D eigenvalue weighted by Gasteiger charge is -2.24. The van der Waals surface area contributed by atoms with Gasteiger partial charge in [0, 0.05) is 6.42 Å². The fourth-order valence-corrected chi connectivity index (χ4v) is 8.26. The van der Waals surface area contributed by atoms with Crippen molar-refractivity contribution in [2.75, 3.05) is 6.61 Å². The highest BCUT2D eigenvalue weighted by Gasteiger charge is 2.24. The maximum Gasteiger partial charge on any atom is 0.306 e. The first-order valence-corrected chi connectivity index (χ1v) is 27.4. The average Bonchev–Trinajstić information content (AvgIpc) is 3.28. The van der Waals surface area contributed by atoms with Crippen LogP contribution in [0.2, 0.25) is 0 Å². The number of aliphatic hydroxyl groups excluding tert-OH is 2. The summed E-state index contributed by atoms with van der Waals surface area (Å²) in [5, 5.41) is 23.8. The van der Waals surface area contributed by atoms with Gasteiger partial charge in [-0.1, -0.05) is 230 Å². The molecule has 1 amide bonds. The van der Waals surface area contributed by atoms with Crippen LogP contribution in [0.25, 0.3) is 0 Å². The van der Waals surface area contributed by atoms with Crippen LogP contribution in [0.1, 0.15) is 278 Å². The Morgan fingerprint density at radius 1 is 0.476 bits per heavy atom. The zero-order valence-corrected chi connectivity index (χ0v) is 42.0. The van der Waals surface area contributed by atoms with Gasteiger partial charge in [-0.15, -0.1) is 0 Å². The third kappa shape index (κ3) is 46.2. The summed E-state index contributed by atoms with van der Waals surface area (Å²) in [6.45, 7) is 6.38. The van der Waals surface area contributed by atoms with Crippen LogP contribution < -0.4 is 5.32 Å². The van der Waals surface area contributed by atoms with Crippen molar-refractivity contribution in [3.8, 4) is 0 Å². The molecule has 0 saturated carbocycles. The van der Waals surface area contributed by atoms with Gasteiger partial charge in [0.25, 0.3) is 0 Å². The summed E-state index contributed by atoms with van der Waals surface area (Å²) >= 11 is 0. The van der Waals surface area contributed by atoms with Crippen LogP contribution in [0.15, 0.2) is 48.6 Å². The van der Waals surface area contributed by atoms with Gasteiger partial charge in [0.05, 0.1) is 25.2 Å². The molecule has 6 nitrogen and oxygen atoms in total. The summed E-state index contributed by atoms with van der Waals surface area (Å²) in [6.07, 6.45) is 61.7. The molecular weight excluding hydrogens is 779 g/mol. The van der Waals surface area contributed by atoms with Crippen LogP contribution in [-0.2, 0) is 14.3 Å². The molecule has 0 aliphatic rings. The lowest BCUT2D eigenvalue weighted by atomic mass is 10.0. The smallest absolute Gasteiger partial charge is 0.306 e. The van der Waals surface area contributed by atoms with Crippen molar-refractivity contribution < 1.29 is 24.5 Å². The fourth-order valence-electron chi connectivity index (χ4n) is 8.26. The van der Waals surface area contributed by atoms with Crippen LogP contribution in [0.3, 0.4) is 0 Å². The topological polar surface area (TPSA) is 95.9 Å². The van der Waals surface area contributed by atoms with Gasteiger partial charge in [-0.25, -0.2) is 0 Å². The zero-order valence-electron chi connectivity index (χ0n) is 42.0. The first-order valence-electron chi connectivity index (χ1n) is 27.4. The standard InChI is InChI=1S/C57H105NO5/c1-4-7-10-13-16-19-22-25-28-29-31-34-37-40-43-46-49-55(60)54(52-59)58-56(61)51-53(48-45-42-39-36-33-30-26-23-20-17-14-11-8-5-2)63-57(62)50-47-44-41-38-35-32-27-24-21-18-15-12-9-6-3/h9,12,18,21,27,30,32-33,53-55,59-60H,4-8,10-11,13-17,19-20,22-26,28-29,31,34-52H2,1-3H3,(H,58,61)/b12-9+,21-18+,32-27+,33-30+. The molecule has 0 heterocycles. The van der Waals surface area contributed by atoms with Crippen LogP contribution in [0.4, 0.5) is 0 Å². The number of rotatable bonds is 49. The molecule has 0 spiro atoms. The number of amides is 1. The summed E-state index contributed by atoms with van der Waals surface area (Å²) in [5.74, 6) is -0.508. The number of carbonyl (C=O) groups excluding carboxylic acids is 2. The molecule has 0 rings (SSSR count). The van der Waals surface area contributed by atoms with Gasteiger partial charge in [0.1, 0.15) is 6.10 Å². The number of unbranched alkanes of at least 4 members (excludes halogenated alkanes) is 29. The Morgan fingerprint density at radius 3 is 1.33 bits per heavy atom. The molecule has 0 radical (unpaired) electrons. The number of allylic oxidation sites excluding steroid dienone is 8. The lowest BCUT2D eigenvalue weighted by molar-refractivity contribution is -0.151. The number of ether oxygens (including phenoxy) is 1. The Labute approximate surface area is 391 Å². The van der Waals surface area contributed by atoms with Crippen molar-refractivity contribution in [1.29, 1.82) is 0 Å². The zero-order chi connectivity index (χ0) is 45.9. The Kier molecular flexibility index (Phi) is 49.1. The molecule has 0 aromatic rings. The lowest BCUT2D eigenvalue weighted by Crippen LogP contribution is -2.46. The maximum absolute atomic E-state index is 13.2. The van der Waals surface area contributed by atoms with E-state index in [4.69, 9.17) is 4.74 Å². The molecule has 0 aromatic carbocycles. The van der Waals surface area contributed by atoms with Crippen molar-refractivity contribution in [3.05, 3.63) is 48.6 Å². The number of hydrogen-bond donors (Lipinski definition) is 3.